The van der Waals surface area contributed by atoms with Crippen molar-refractivity contribution in [1.82, 2.24) is 4.90 Å². The smallest absolute Gasteiger partial charge is 0.226 e. The lowest BCUT2D eigenvalue weighted by Crippen LogP contribution is -2.43. The molecule has 0 aromatic heterocycles. The third-order valence-electron chi connectivity index (χ3n) is 3.46. The fraction of sp³-hybridized carbons (Fsp3) is 0.889. The van der Waals surface area contributed by atoms with Crippen LogP contribution in [-0.4, -0.2) is 29.3 Å². The van der Waals surface area contributed by atoms with Gasteiger partial charge in [0.25, 0.3) is 0 Å². The Bertz CT molecular complexity index is 207. The second kappa shape index (κ2) is 3.00. The fourth-order valence-electron chi connectivity index (χ4n) is 2.70. The summed E-state index contributed by atoms with van der Waals surface area (Å²) in [4.78, 5) is 13.4. The van der Waals surface area contributed by atoms with Crippen LogP contribution in [0.25, 0.3) is 0 Å². The van der Waals surface area contributed by atoms with Gasteiger partial charge in [-0.3, -0.25) is 9.69 Å². The average Bonchev–Trinajstić information content (AvgIpc) is 2.32. The molecule has 0 aromatic rings. The summed E-state index contributed by atoms with van der Waals surface area (Å²) in [5.74, 6) is 0.107. The summed E-state index contributed by atoms with van der Waals surface area (Å²) < 4.78 is 0. The minimum Gasteiger partial charge on any atom is -0.300 e. The monoisotopic (exact) mass is 187 g/mol. The summed E-state index contributed by atoms with van der Waals surface area (Å²) in [6, 6.07) is 1.16. The highest BCUT2D eigenvalue weighted by Gasteiger charge is 2.42. The molecule has 0 aliphatic carbocycles. The molecule has 2 heterocycles. The van der Waals surface area contributed by atoms with Gasteiger partial charge < -0.3 is 0 Å². The van der Waals surface area contributed by atoms with E-state index in [4.69, 9.17) is 11.6 Å². The second-order valence-electron chi connectivity index (χ2n) is 3.95. The number of carbonyl (C=O) groups is 1. The molecule has 2 saturated heterocycles. The van der Waals surface area contributed by atoms with Crippen LogP contribution in [0.5, 0.6) is 0 Å². The third kappa shape index (κ3) is 1.17. The zero-order valence-corrected chi connectivity index (χ0v) is 8.05. The van der Waals surface area contributed by atoms with Crippen molar-refractivity contribution in [1.29, 1.82) is 0 Å². The molecule has 2 bridgehead atoms. The van der Waals surface area contributed by atoms with Crippen LogP contribution in [0.4, 0.5) is 0 Å². The molecular formula is C9H14ClNO. The quantitative estimate of drug-likeness (QED) is 0.582. The van der Waals surface area contributed by atoms with Crippen LogP contribution in [0.1, 0.15) is 25.7 Å². The van der Waals surface area contributed by atoms with Crippen molar-refractivity contribution in [3.05, 3.63) is 0 Å². The molecule has 0 amide bonds. The molecule has 2 aliphatic heterocycles. The van der Waals surface area contributed by atoms with Crippen LogP contribution in [0.15, 0.2) is 0 Å². The van der Waals surface area contributed by atoms with Gasteiger partial charge >= 0.3 is 0 Å². The van der Waals surface area contributed by atoms with Gasteiger partial charge in [-0.1, -0.05) is 0 Å². The molecule has 2 nitrogen and oxygen atoms in total. The molecule has 0 radical (unpaired) electrons. The summed E-state index contributed by atoms with van der Waals surface area (Å²) >= 11 is 5.55. The van der Waals surface area contributed by atoms with Gasteiger partial charge in [0.15, 0.2) is 0 Å². The Hall–Kier alpha value is -0.0800. The highest BCUT2D eigenvalue weighted by atomic mass is 35.5. The maximum atomic E-state index is 11.1. The number of hydrogen-bond acceptors (Lipinski definition) is 2. The summed E-state index contributed by atoms with van der Waals surface area (Å²) in [6.45, 7) is 0. The van der Waals surface area contributed by atoms with E-state index in [0.29, 0.717) is 6.04 Å². The molecule has 2 fully saturated rings. The highest BCUT2D eigenvalue weighted by molar-refractivity contribution is 6.64. The van der Waals surface area contributed by atoms with E-state index < -0.39 is 0 Å². The van der Waals surface area contributed by atoms with Gasteiger partial charge in [-0.15, -0.1) is 0 Å². The van der Waals surface area contributed by atoms with E-state index in [2.05, 4.69) is 11.9 Å². The van der Waals surface area contributed by atoms with Crippen molar-refractivity contribution in [2.75, 3.05) is 7.05 Å². The Kier molecular flexibility index (Phi) is 2.13. The van der Waals surface area contributed by atoms with Crippen LogP contribution in [-0.2, 0) is 4.79 Å². The van der Waals surface area contributed by atoms with E-state index in [9.17, 15) is 4.79 Å². The highest BCUT2D eigenvalue weighted by Crippen LogP contribution is 2.38. The zero-order chi connectivity index (χ0) is 8.72. The van der Waals surface area contributed by atoms with Crippen LogP contribution >= 0.6 is 11.6 Å². The third-order valence-corrected chi connectivity index (χ3v) is 3.74. The van der Waals surface area contributed by atoms with E-state index in [1.807, 2.05) is 0 Å². The molecule has 12 heavy (non-hydrogen) atoms. The Morgan fingerprint density at radius 2 is 2.00 bits per heavy atom. The first-order chi connectivity index (χ1) is 5.70. The Balaban J connectivity index is 2.14. The van der Waals surface area contributed by atoms with Crippen molar-refractivity contribution in [3.63, 3.8) is 0 Å². The van der Waals surface area contributed by atoms with E-state index in [1.54, 1.807) is 0 Å². The molecular weight excluding hydrogens is 174 g/mol. The lowest BCUT2D eigenvalue weighted by Gasteiger charge is -2.35. The van der Waals surface area contributed by atoms with Gasteiger partial charge in [-0.2, -0.15) is 0 Å². The summed E-state index contributed by atoms with van der Waals surface area (Å²) in [5.41, 5.74) is 0. The van der Waals surface area contributed by atoms with Gasteiger partial charge in [0.05, 0.1) is 0 Å². The van der Waals surface area contributed by atoms with Crippen molar-refractivity contribution < 1.29 is 4.79 Å². The molecule has 0 aromatic carbocycles. The number of hydrogen-bond donors (Lipinski definition) is 0. The molecule has 3 heteroatoms. The van der Waals surface area contributed by atoms with Crippen LogP contribution in [0, 0.1) is 5.92 Å². The molecule has 0 N–H and O–H groups in total. The van der Waals surface area contributed by atoms with E-state index in [0.717, 1.165) is 25.3 Å². The van der Waals surface area contributed by atoms with E-state index in [-0.39, 0.29) is 11.2 Å². The summed E-state index contributed by atoms with van der Waals surface area (Å²) in [6.07, 6.45) is 4.56. The standard InChI is InChI=1S/C9H14ClNO/c1-11-6-2-4-7(9(10)12)8(11)5-3-6/h6-8H,2-5H2,1H3/t6?,7?,8-/m1/s1. The molecule has 2 rings (SSSR count). The van der Waals surface area contributed by atoms with E-state index in [1.165, 1.54) is 6.42 Å². The van der Waals surface area contributed by atoms with E-state index >= 15 is 0 Å². The molecule has 2 unspecified atom stereocenters. The molecule has 2 aliphatic rings. The number of halogens is 1. The number of fused-ring (bicyclic) bond motifs is 2. The first kappa shape index (κ1) is 8.52. The van der Waals surface area contributed by atoms with Gasteiger partial charge in [0.1, 0.15) is 0 Å². The maximum absolute atomic E-state index is 11.1. The summed E-state index contributed by atoms with van der Waals surface area (Å²) in [7, 11) is 2.12. The first-order valence-corrected chi connectivity index (χ1v) is 4.99. The van der Waals surface area contributed by atoms with Gasteiger partial charge in [0.2, 0.25) is 5.24 Å². The number of nitrogens with zero attached hydrogens (tertiary/aromatic N) is 1. The van der Waals surface area contributed by atoms with Gasteiger partial charge in [-0.05, 0) is 44.3 Å². The Morgan fingerprint density at radius 3 is 2.67 bits per heavy atom. The zero-order valence-electron chi connectivity index (χ0n) is 7.29. The van der Waals surface area contributed by atoms with Crippen LogP contribution < -0.4 is 0 Å². The lowest BCUT2D eigenvalue weighted by molar-refractivity contribution is -0.118. The Labute approximate surface area is 77.9 Å². The first-order valence-electron chi connectivity index (χ1n) is 4.61. The van der Waals surface area contributed by atoms with Crippen molar-refractivity contribution >= 4 is 16.8 Å². The normalized spacial score (nSPS) is 41.7. The van der Waals surface area contributed by atoms with Crippen LogP contribution in [0.2, 0.25) is 0 Å². The number of rotatable bonds is 1. The minimum absolute atomic E-state index is 0.107. The second-order valence-corrected chi connectivity index (χ2v) is 4.32. The van der Waals surface area contributed by atoms with Crippen molar-refractivity contribution in [3.8, 4) is 0 Å². The van der Waals surface area contributed by atoms with Crippen molar-refractivity contribution in [2.45, 2.75) is 37.8 Å². The number of piperidine rings is 1. The van der Waals surface area contributed by atoms with Gasteiger partial charge in [-0.25, -0.2) is 0 Å². The summed E-state index contributed by atoms with van der Waals surface area (Å²) in [5, 5.41) is -0.132. The molecule has 68 valence electrons. The maximum Gasteiger partial charge on any atom is 0.226 e. The average molecular weight is 188 g/mol. The van der Waals surface area contributed by atoms with Gasteiger partial charge in [0, 0.05) is 18.0 Å². The minimum atomic E-state index is -0.132. The van der Waals surface area contributed by atoms with Crippen LogP contribution in [0.3, 0.4) is 0 Å². The number of carbonyl (C=O) groups excluding carboxylic acids is 1. The molecule has 0 saturated carbocycles. The predicted molar refractivity (Wildman–Crippen MR) is 48.2 cm³/mol. The molecule has 0 spiro atoms. The predicted octanol–water partition coefficient (Wildman–Crippen LogP) is 1.62. The molecule has 3 atom stereocenters. The largest absolute Gasteiger partial charge is 0.300 e. The fourth-order valence-corrected chi connectivity index (χ4v) is 2.96. The lowest BCUT2D eigenvalue weighted by atomic mass is 9.92. The Morgan fingerprint density at radius 1 is 1.33 bits per heavy atom. The SMILES string of the molecule is CN1C2CCC(C(=O)Cl)[C@H]1CC2. The van der Waals surface area contributed by atoms with Crippen molar-refractivity contribution in [2.24, 2.45) is 5.92 Å². The topological polar surface area (TPSA) is 20.3 Å².